The minimum absolute atomic E-state index is 0.248. The number of benzene rings is 3. The first-order chi connectivity index (χ1) is 14.9. The van der Waals surface area contributed by atoms with Crippen molar-refractivity contribution in [2.24, 2.45) is 0 Å². The van der Waals surface area contributed by atoms with E-state index in [-0.39, 0.29) is 11.3 Å². The molecule has 2 amide bonds. The Bertz CT molecular complexity index is 1190. The van der Waals surface area contributed by atoms with Crippen molar-refractivity contribution >= 4 is 52.0 Å². The lowest BCUT2D eigenvalue weighted by molar-refractivity contribution is -0.120. The normalized spacial score (nSPS) is 13.9. The van der Waals surface area contributed by atoms with Crippen LogP contribution in [0.25, 0.3) is 5.57 Å². The quantitative estimate of drug-likeness (QED) is 0.449. The highest BCUT2D eigenvalue weighted by atomic mass is 35.5. The average molecular weight is 451 g/mol. The SMILES string of the molecule is CCc1ccc(N2C(=O)C(c3ccc(Cl)cc3Cl)=C(N(C)c3ccccc3)C2=O)cc1. The molecule has 1 heterocycles. The molecule has 0 fully saturated rings. The fourth-order valence-electron chi connectivity index (χ4n) is 3.66. The lowest BCUT2D eigenvalue weighted by atomic mass is 10.0. The molecule has 156 valence electrons. The number of amides is 2. The number of halogens is 2. The largest absolute Gasteiger partial charge is 0.339 e. The maximum Gasteiger partial charge on any atom is 0.282 e. The number of anilines is 2. The second-order valence-corrected chi connectivity index (χ2v) is 8.05. The van der Waals surface area contributed by atoms with Crippen molar-refractivity contribution in [2.75, 3.05) is 16.8 Å². The van der Waals surface area contributed by atoms with Gasteiger partial charge < -0.3 is 4.90 Å². The van der Waals surface area contributed by atoms with Gasteiger partial charge in [0.15, 0.2) is 0 Å². The molecule has 1 aliphatic rings. The Kier molecular flexibility index (Phi) is 5.86. The molecular weight excluding hydrogens is 431 g/mol. The van der Waals surface area contributed by atoms with E-state index in [9.17, 15) is 9.59 Å². The summed E-state index contributed by atoms with van der Waals surface area (Å²) in [6.45, 7) is 2.05. The van der Waals surface area contributed by atoms with Gasteiger partial charge in [0.1, 0.15) is 5.70 Å². The number of likely N-dealkylation sites (N-methyl/N-ethyl adjacent to an activating group) is 1. The molecule has 0 atom stereocenters. The zero-order chi connectivity index (χ0) is 22.1. The summed E-state index contributed by atoms with van der Waals surface area (Å²) in [5.74, 6) is -0.821. The van der Waals surface area contributed by atoms with Gasteiger partial charge in [0.25, 0.3) is 11.8 Å². The predicted octanol–water partition coefficient (Wildman–Crippen LogP) is 5.98. The van der Waals surface area contributed by atoms with Crippen LogP contribution in [0.3, 0.4) is 0 Å². The summed E-state index contributed by atoms with van der Waals surface area (Å²) in [6.07, 6.45) is 0.869. The Labute approximate surface area is 191 Å². The lowest BCUT2D eigenvalue weighted by Gasteiger charge is -2.21. The van der Waals surface area contributed by atoms with Gasteiger partial charge in [0.05, 0.1) is 16.3 Å². The number of carbonyl (C=O) groups is 2. The van der Waals surface area contributed by atoms with E-state index in [1.807, 2.05) is 42.5 Å². The zero-order valence-corrected chi connectivity index (χ0v) is 18.6. The number of carbonyl (C=O) groups excluding carboxylic acids is 2. The first-order valence-electron chi connectivity index (χ1n) is 9.88. The first-order valence-corrected chi connectivity index (χ1v) is 10.6. The third kappa shape index (κ3) is 3.85. The van der Waals surface area contributed by atoms with Crippen molar-refractivity contribution in [3.63, 3.8) is 0 Å². The number of imide groups is 1. The van der Waals surface area contributed by atoms with Gasteiger partial charge in [-0.25, -0.2) is 4.90 Å². The molecule has 0 N–H and O–H groups in total. The van der Waals surface area contributed by atoms with Crippen molar-refractivity contribution in [3.05, 3.63) is 99.7 Å². The fraction of sp³-hybridized carbons (Fsp3) is 0.120. The number of para-hydroxylation sites is 1. The van der Waals surface area contributed by atoms with Crippen molar-refractivity contribution in [1.82, 2.24) is 0 Å². The first kappa shape index (κ1) is 21.2. The van der Waals surface area contributed by atoms with Crippen molar-refractivity contribution < 1.29 is 9.59 Å². The van der Waals surface area contributed by atoms with Gasteiger partial charge in [0.2, 0.25) is 0 Å². The minimum Gasteiger partial charge on any atom is -0.339 e. The maximum atomic E-state index is 13.6. The van der Waals surface area contributed by atoms with Gasteiger partial charge in [-0.15, -0.1) is 0 Å². The topological polar surface area (TPSA) is 40.6 Å². The number of rotatable bonds is 5. The summed E-state index contributed by atoms with van der Waals surface area (Å²) in [4.78, 5) is 30.1. The minimum atomic E-state index is -0.420. The van der Waals surface area contributed by atoms with Crippen LogP contribution >= 0.6 is 23.2 Å². The van der Waals surface area contributed by atoms with Crippen LogP contribution in [-0.4, -0.2) is 18.9 Å². The molecule has 0 saturated heterocycles. The number of hydrogen-bond acceptors (Lipinski definition) is 3. The summed E-state index contributed by atoms with van der Waals surface area (Å²) >= 11 is 12.5. The Morgan fingerprint density at radius 1 is 0.871 bits per heavy atom. The molecule has 3 aromatic carbocycles. The zero-order valence-electron chi connectivity index (χ0n) is 17.1. The molecule has 0 aromatic heterocycles. The molecule has 0 bridgehead atoms. The molecule has 6 heteroatoms. The summed E-state index contributed by atoms with van der Waals surface area (Å²) in [5, 5.41) is 0.766. The van der Waals surface area contributed by atoms with Gasteiger partial charge in [-0.05, 0) is 48.4 Å². The molecule has 4 rings (SSSR count). The highest BCUT2D eigenvalue weighted by Gasteiger charge is 2.42. The Hall–Kier alpha value is -3.08. The van der Waals surface area contributed by atoms with E-state index in [1.165, 1.54) is 4.90 Å². The molecule has 31 heavy (non-hydrogen) atoms. The number of hydrogen-bond donors (Lipinski definition) is 0. The number of nitrogens with zero attached hydrogens (tertiary/aromatic N) is 2. The van der Waals surface area contributed by atoms with E-state index in [0.717, 1.165) is 17.7 Å². The van der Waals surface area contributed by atoms with Crippen LogP contribution in [0.5, 0.6) is 0 Å². The van der Waals surface area contributed by atoms with Crippen LogP contribution < -0.4 is 9.80 Å². The smallest absolute Gasteiger partial charge is 0.282 e. The monoisotopic (exact) mass is 450 g/mol. The van der Waals surface area contributed by atoms with Crippen LogP contribution in [0.15, 0.2) is 78.5 Å². The summed E-state index contributed by atoms with van der Waals surface area (Å²) < 4.78 is 0. The van der Waals surface area contributed by atoms with E-state index >= 15 is 0 Å². The van der Waals surface area contributed by atoms with Crippen molar-refractivity contribution in [2.45, 2.75) is 13.3 Å². The van der Waals surface area contributed by atoms with Crippen molar-refractivity contribution in [1.29, 1.82) is 0 Å². The Balaban J connectivity index is 1.88. The third-order valence-electron chi connectivity index (χ3n) is 5.34. The van der Waals surface area contributed by atoms with E-state index in [0.29, 0.717) is 21.3 Å². The summed E-state index contributed by atoms with van der Waals surface area (Å²) in [7, 11) is 1.77. The lowest BCUT2D eigenvalue weighted by Crippen LogP contribution is -2.34. The van der Waals surface area contributed by atoms with Gasteiger partial charge in [0, 0.05) is 23.3 Å². The summed E-state index contributed by atoms with van der Waals surface area (Å²) in [6, 6.07) is 21.7. The molecular formula is C25H20Cl2N2O2. The van der Waals surface area contributed by atoms with Crippen LogP contribution in [0.1, 0.15) is 18.1 Å². The van der Waals surface area contributed by atoms with Crippen LogP contribution in [0.4, 0.5) is 11.4 Å². The average Bonchev–Trinajstić information content (AvgIpc) is 3.04. The standard InChI is InChI=1S/C25H20Cl2N2O2/c1-3-16-9-12-19(13-10-16)29-24(30)22(20-14-11-17(26)15-21(20)27)23(25(29)31)28(2)18-7-5-4-6-8-18/h4-15H,3H2,1-2H3. The Morgan fingerprint density at radius 2 is 1.55 bits per heavy atom. The highest BCUT2D eigenvalue weighted by Crippen LogP contribution is 2.39. The second-order valence-electron chi connectivity index (χ2n) is 7.21. The molecule has 0 unspecified atom stereocenters. The van der Waals surface area contributed by atoms with Crippen LogP contribution in [-0.2, 0) is 16.0 Å². The molecule has 0 radical (unpaired) electrons. The van der Waals surface area contributed by atoms with E-state index < -0.39 is 11.8 Å². The molecule has 1 aliphatic heterocycles. The van der Waals surface area contributed by atoms with Gasteiger partial charge in [-0.2, -0.15) is 0 Å². The van der Waals surface area contributed by atoms with E-state index in [2.05, 4.69) is 6.92 Å². The highest BCUT2D eigenvalue weighted by molar-refractivity contribution is 6.48. The van der Waals surface area contributed by atoms with Gasteiger partial charge in [-0.3, -0.25) is 9.59 Å². The third-order valence-corrected chi connectivity index (χ3v) is 5.89. The van der Waals surface area contributed by atoms with Crippen molar-refractivity contribution in [3.8, 4) is 0 Å². The van der Waals surface area contributed by atoms with E-state index in [4.69, 9.17) is 23.2 Å². The molecule has 3 aromatic rings. The van der Waals surface area contributed by atoms with Crippen LogP contribution in [0, 0.1) is 0 Å². The second kappa shape index (κ2) is 8.58. The van der Waals surface area contributed by atoms with Crippen LogP contribution in [0.2, 0.25) is 10.0 Å². The molecule has 0 aliphatic carbocycles. The molecule has 0 spiro atoms. The van der Waals surface area contributed by atoms with Gasteiger partial charge >= 0.3 is 0 Å². The Morgan fingerprint density at radius 3 is 2.16 bits per heavy atom. The molecule has 0 saturated carbocycles. The fourth-order valence-corrected chi connectivity index (χ4v) is 4.16. The molecule has 4 nitrogen and oxygen atoms in total. The summed E-state index contributed by atoms with van der Waals surface area (Å²) in [5.41, 5.74) is 3.40. The number of aryl methyl sites for hydroxylation is 1. The maximum absolute atomic E-state index is 13.6. The van der Waals surface area contributed by atoms with Gasteiger partial charge in [-0.1, -0.05) is 66.5 Å². The predicted molar refractivity (Wildman–Crippen MR) is 127 cm³/mol. The van der Waals surface area contributed by atoms with E-state index in [1.54, 1.807) is 42.3 Å².